The highest BCUT2D eigenvalue weighted by Crippen LogP contribution is 2.19. The molecule has 92 valence electrons. The summed E-state index contributed by atoms with van der Waals surface area (Å²) in [5.41, 5.74) is 0. The highest BCUT2D eigenvalue weighted by molar-refractivity contribution is 5.79. The van der Waals surface area contributed by atoms with Crippen molar-refractivity contribution in [1.82, 2.24) is 10.2 Å². The fourth-order valence-corrected chi connectivity index (χ4v) is 2.89. The molecule has 3 heteroatoms. The quantitative estimate of drug-likeness (QED) is 0.725. The van der Waals surface area contributed by atoms with Gasteiger partial charge in [-0.2, -0.15) is 0 Å². The van der Waals surface area contributed by atoms with Crippen LogP contribution in [0.25, 0.3) is 0 Å². The van der Waals surface area contributed by atoms with Crippen molar-refractivity contribution in [2.24, 2.45) is 5.92 Å². The van der Waals surface area contributed by atoms with Gasteiger partial charge < -0.3 is 10.2 Å². The van der Waals surface area contributed by atoms with Crippen LogP contribution in [0.15, 0.2) is 0 Å². The molecule has 2 aliphatic rings. The van der Waals surface area contributed by atoms with E-state index in [9.17, 15) is 4.79 Å². The van der Waals surface area contributed by atoms with Gasteiger partial charge in [0, 0.05) is 12.6 Å². The number of nitrogens with zero attached hydrogens (tertiary/aromatic N) is 1. The summed E-state index contributed by atoms with van der Waals surface area (Å²) in [6.07, 6.45) is 8.68. The van der Waals surface area contributed by atoms with Crippen molar-refractivity contribution >= 4 is 5.91 Å². The van der Waals surface area contributed by atoms with Gasteiger partial charge in [0.05, 0.1) is 5.92 Å². The van der Waals surface area contributed by atoms with Gasteiger partial charge in [-0.15, -0.1) is 0 Å². The summed E-state index contributed by atoms with van der Waals surface area (Å²) in [6, 6.07) is 0.459. The lowest BCUT2D eigenvalue weighted by atomic mass is 10.1. The minimum Gasteiger partial charge on any atom is -0.353 e. The number of carbonyl (C=O) groups excluding carboxylic acids is 1. The molecule has 1 amide bonds. The molecule has 16 heavy (non-hydrogen) atoms. The SMILES string of the molecule is CN1CCC(C(=O)NC2CCCCCC2)C1. The zero-order chi connectivity index (χ0) is 11.4. The Kier molecular flexibility index (Phi) is 4.22. The molecule has 1 N–H and O–H groups in total. The highest BCUT2D eigenvalue weighted by atomic mass is 16.2. The molecule has 0 bridgehead atoms. The van der Waals surface area contributed by atoms with E-state index in [0.717, 1.165) is 19.5 Å². The minimum atomic E-state index is 0.244. The number of hydrogen-bond donors (Lipinski definition) is 1. The fourth-order valence-electron chi connectivity index (χ4n) is 2.89. The molecule has 1 saturated carbocycles. The van der Waals surface area contributed by atoms with Crippen LogP contribution in [0.4, 0.5) is 0 Å². The predicted molar refractivity (Wildman–Crippen MR) is 65.2 cm³/mol. The Morgan fingerprint density at radius 2 is 1.81 bits per heavy atom. The van der Waals surface area contributed by atoms with E-state index in [4.69, 9.17) is 0 Å². The van der Waals surface area contributed by atoms with Crippen molar-refractivity contribution in [2.75, 3.05) is 20.1 Å². The number of amides is 1. The monoisotopic (exact) mass is 224 g/mol. The Morgan fingerprint density at radius 3 is 2.38 bits per heavy atom. The maximum Gasteiger partial charge on any atom is 0.224 e. The Hall–Kier alpha value is -0.570. The lowest BCUT2D eigenvalue weighted by molar-refractivity contribution is -0.125. The fraction of sp³-hybridized carbons (Fsp3) is 0.923. The van der Waals surface area contributed by atoms with Crippen LogP contribution in [0.5, 0.6) is 0 Å². The molecule has 0 aromatic rings. The summed E-state index contributed by atoms with van der Waals surface area (Å²) < 4.78 is 0. The van der Waals surface area contributed by atoms with Gasteiger partial charge in [0.25, 0.3) is 0 Å². The zero-order valence-electron chi connectivity index (χ0n) is 10.4. The number of rotatable bonds is 2. The van der Waals surface area contributed by atoms with E-state index >= 15 is 0 Å². The summed E-state index contributed by atoms with van der Waals surface area (Å²) >= 11 is 0. The first kappa shape index (κ1) is 11.9. The van der Waals surface area contributed by atoms with E-state index in [1.165, 1.54) is 38.5 Å². The molecule has 1 unspecified atom stereocenters. The zero-order valence-corrected chi connectivity index (χ0v) is 10.4. The van der Waals surface area contributed by atoms with Crippen LogP contribution in [0, 0.1) is 5.92 Å². The van der Waals surface area contributed by atoms with E-state index in [1.807, 2.05) is 0 Å². The molecule has 0 radical (unpaired) electrons. The molecule has 1 aliphatic heterocycles. The van der Waals surface area contributed by atoms with Crippen LogP contribution in [0.2, 0.25) is 0 Å². The van der Waals surface area contributed by atoms with Gasteiger partial charge in [0.2, 0.25) is 5.91 Å². The van der Waals surface area contributed by atoms with Gasteiger partial charge in [-0.05, 0) is 32.9 Å². The maximum absolute atomic E-state index is 12.0. The molecule has 0 spiro atoms. The second-order valence-corrected chi connectivity index (χ2v) is 5.44. The Bertz CT molecular complexity index is 234. The second kappa shape index (κ2) is 5.67. The third-order valence-electron chi connectivity index (χ3n) is 3.96. The topological polar surface area (TPSA) is 32.3 Å². The first-order valence-electron chi connectivity index (χ1n) is 6.74. The van der Waals surface area contributed by atoms with Gasteiger partial charge in [-0.25, -0.2) is 0 Å². The molecule has 1 saturated heterocycles. The normalized spacial score (nSPS) is 28.9. The molecular weight excluding hydrogens is 200 g/mol. The van der Waals surface area contributed by atoms with E-state index in [-0.39, 0.29) is 5.92 Å². The number of hydrogen-bond acceptors (Lipinski definition) is 2. The third kappa shape index (κ3) is 3.21. The van der Waals surface area contributed by atoms with Gasteiger partial charge in [0.1, 0.15) is 0 Å². The summed E-state index contributed by atoms with van der Waals surface area (Å²) in [5, 5.41) is 3.26. The lowest BCUT2D eigenvalue weighted by Crippen LogP contribution is -2.39. The van der Waals surface area contributed by atoms with Gasteiger partial charge >= 0.3 is 0 Å². The summed E-state index contributed by atoms with van der Waals surface area (Å²) in [5.74, 6) is 0.546. The van der Waals surface area contributed by atoms with Crippen LogP contribution in [0.1, 0.15) is 44.9 Å². The molecule has 3 nitrogen and oxygen atoms in total. The standard InChI is InChI=1S/C13H24N2O/c1-15-9-8-11(10-15)13(16)14-12-6-4-2-3-5-7-12/h11-12H,2-10H2,1H3,(H,14,16). The largest absolute Gasteiger partial charge is 0.353 e. The van der Waals surface area contributed by atoms with Crippen LogP contribution in [0.3, 0.4) is 0 Å². The van der Waals surface area contributed by atoms with Gasteiger partial charge in [-0.1, -0.05) is 25.7 Å². The lowest BCUT2D eigenvalue weighted by Gasteiger charge is -2.19. The van der Waals surface area contributed by atoms with Gasteiger partial charge in [-0.3, -0.25) is 4.79 Å². The Morgan fingerprint density at radius 1 is 1.12 bits per heavy atom. The molecular formula is C13H24N2O. The molecule has 0 aromatic carbocycles. The first-order chi connectivity index (χ1) is 7.75. The summed E-state index contributed by atoms with van der Waals surface area (Å²) in [6.45, 7) is 2.02. The van der Waals surface area contributed by atoms with Crippen molar-refractivity contribution in [3.63, 3.8) is 0 Å². The predicted octanol–water partition coefficient (Wildman–Crippen LogP) is 1.78. The van der Waals surface area contributed by atoms with Crippen molar-refractivity contribution in [2.45, 2.75) is 51.0 Å². The molecule has 2 rings (SSSR count). The molecule has 0 aromatic heterocycles. The average Bonchev–Trinajstić information content (AvgIpc) is 2.54. The summed E-state index contributed by atoms with van der Waals surface area (Å²) in [7, 11) is 2.10. The van der Waals surface area contributed by atoms with E-state index < -0.39 is 0 Å². The van der Waals surface area contributed by atoms with Crippen LogP contribution in [-0.4, -0.2) is 37.0 Å². The average molecular weight is 224 g/mol. The van der Waals surface area contributed by atoms with Crippen LogP contribution in [-0.2, 0) is 4.79 Å². The number of carbonyl (C=O) groups is 1. The molecule has 2 fully saturated rings. The molecule has 1 atom stereocenters. The van der Waals surface area contributed by atoms with Gasteiger partial charge in [0.15, 0.2) is 0 Å². The maximum atomic E-state index is 12.0. The van der Waals surface area contributed by atoms with E-state index in [0.29, 0.717) is 11.9 Å². The second-order valence-electron chi connectivity index (χ2n) is 5.44. The van der Waals surface area contributed by atoms with Crippen LogP contribution >= 0.6 is 0 Å². The van der Waals surface area contributed by atoms with Crippen LogP contribution < -0.4 is 5.32 Å². The Labute approximate surface area is 98.6 Å². The number of nitrogens with one attached hydrogen (secondary N) is 1. The number of likely N-dealkylation sites (tertiary alicyclic amines) is 1. The molecule has 1 heterocycles. The van der Waals surface area contributed by atoms with Crippen molar-refractivity contribution in [1.29, 1.82) is 0 Å². The molecule has 1 aliphatic carbocycles. The van der Waals surface area contributed by atoms with Crippen molar-refractivity contribution < 1.29 is 4.79 Å². The van der Waals surface area contributed by atoms with Crippen molar-refractivity contribution in [3.8, 4) is 0 Å². The first-order valence-corrected chi connectivity index (χ1v) is 6.74. The van der Waals surface area contributed by atoms with E-state index in [1.54, 1.807) is 0 Å². The third-order valence-corrected chi connectivity index (χ3v) is 3.96. The van der Waals surface area contributed by atoms with Crippen molar-refractivity contribution in [3.05, 3.63) is 0 Å². The summed E-state index contributed by atoms with van der Waals surface area (Å²) in [4.78, 5) is 14.3. The van der Waals surface area contributed by atoms with E-state index in [2.05, 4.69) is 17.3 Å². The highest BCUT2D eigenvalue weighted by Gasteiger charge is 2.27. The smallest absolute Gasteiger partial charge is 0.224 e. The minimum absolute atomic E-state index is 0.244. The Balaban J connectivity index is 1.77.